The lowest BCUT2D eigenvalue weighted by molar-refractivity contribution is 0.0979. The van der Waals surface area contributed by atoms with Gasteiger partial charge in [0.1, 0.15) is 17.2 Å². The third kappa shape index (κ3) is 3.58. The van der Waals surface area contributed by atoms with Gasteiger partial charge >= 0.3 is 0 Å². The van der Waals surface area contributed by atoms with Gasteiger partial charge < -0.3 is 19.9 Å². The SMILES string of the molecule is O=C(NC1=NCCS1)c1cccc2[nH]c(-c3cccnc3N3CCOCC3)nc12. The molecule has 1 amide bonds. The number of aromatic nitrogens is 3. The van der Waals surface area contributed by atoms with Crippen LogP contribution in [-0.2, 0) is 4.74 Å². The van der Waals surface area contributed by atoms with Crippen LogP contribution in [0, 0.1) is 0 Å². The summed E-state index contributed by atoms with van der Waals surface area (Å²) >= 11 is 1.56. The third-order valence-corrected chi connectivity index (χ3v) is 5.81. The fraction of sp³-hybridized carbons (Fsp3) is 0.300. The maximum absolute atomic E-state index is 12.8. The first-order chi connectivity index (χ1) is 14.3. The van der Waals surface area contributed by atoms with E-state index in [4.69, 9.17) is 9.72 Å². The number of aliphatic imine (C=N–C) groups is 1. The zero-order valence-electron chi connectivity index (χ0n) is 15.7. The first-order valence-electron chi connectivity index (χ1n) is 9.55. The topological polar surface area (TPSA) is 95.5 Å². The molecule has 0 spiro atoms. The lowest BCUT2D eigenvalue weighted by Crippen LogP contribution is -2.37. The number of aromatic amines is 1. The predicted molar refractivity (Wildman–Crippen MR) is 115 cm³/mol. The number of hydrogen-bond donors (Lipinski definition) is 2. The summed E-state index contributed by atoms with van der Waals surface area (Å²) in [6, 6.07) is 9.47. The second-order valence-corrected chi connectivity index (χ2v) is 7.83. The molecule has 3 aromatic rings. The van der Waals surface area contributed by atoms with Gasteiger partial charge in [0.25, 0.3) is 5.91 Å². The van der Waals surface area contributed by atoms with E-state index in [-0.39, 0.29) is 5.91 Å². The monoisotopic (exact) mass is 408 g/mol. The fourth-order valence-electron chi connectivity index (χ4n) is 3.53. The van der Waals surface area contributed by atoms with Crippen molar-refractivity contribution in [2.45, 2.75) is 0 Å². The van der Waals surface area contributed by atoms with Crippen molar-refractivity contribution >= 4 is 39.7 Å². The quantitative estimate of drug-likeness (QED) is 0.690. The Labute approximate surface area is 171 Å². The van der Waals surface area contributed by atoms with Crippen LogP contribution in [0.1, 0.15) is 10.4 Å². The minimum Gasteiger partial charge on any atom is -0.378 e. The van der Waals surface area contributed by atoms with Crippen LogP contribution in [0.15, 0.2) is 41.5 Å². The van der Waals surface area contributed by atoms with Crippen LogP contribution in [0.4, 0.5) is 5.82 Å². The molecule has 2 aromatic heterocycles. The van der Waals surface area contributed by atoms with Crippen LogP contribution in [-0.4, -0.2) is 64.6 Å². The summed E-state index contributed by atoms with van der Waals surface area (Å²) in [5.74, 6) is 2.28. The van der Waals surface area contributed by atoms with Crippen molar-refractivity contribution in [3.63, 3.8) is 0 Å². The summed E-state index contributed by atoms with van der Waals surface area (Å²) in [5, 5.41) is 3.56. The molecule has 0 radical (unpaired) electrons. The molecule has 148 valence electrons. The average Bonchev–Trinajstić information content (AvgIpc) is 3.43. The number of carbonyl (C=O) groups excluding carboxylic acids is 1. The molecule has 2 N–H and O–H groups in total. The van der Waals surface area contributed by atoms with E-state index in [9.17, 15) is 4.79 Å². The highest BCUT2D eigenvalue weighted by atomic mass is 32.2. The van der Waals surface area contributed by atoms with Gasteiger partial charge in [-0.2, -0.15) is 0 Å². The number of pyridine rings is 1. The Morgan fingerprint density at radius 2 is 2.10 bits per heavy atom. The maximum atomic E-state index is 12.8. The van der Waals surface area contributed by atoms with Gasteiger partial charge in [-0.1, -0.05) is 17.8 Å². The van der Waals surface area contributed by atoms with Crippen molar-refractivity contribution in [2.24, 2.45) is 4.99 Å². The smallest absolute Gasteiger partial charge is 0.259 e. The molecule has 0 aliphatic carbocycles. The molecular weight excluding hydrogens is 388 g/mol. The lowest BCUT2D eigenvalue weighted by atomic mass is 10.2. The van der Waals surface area contributed by atoms with Gasteiger partial charge in [-0.25, -0.2) is 9.97 Å². The van der Waals surface area contributed by atoms with E-state index in [1.54, 1.807) is 24.0 Å². The van der Waals surface area contributed by atoms with E-state index in [2.05, 4.69) is 25.2 Å². The molecule has 9 heteroatoms. The molecule has 2 aliphatic heterocycles. The number of fused-ring (bicyclic) bond motifs is 1. The molecule has 0 saturated carbocycles. The molecule has 5 rings (SSSR count). The molecule has 2 aliphatic rings. The number of morpholine rings is 1. The average molecular weight is 408 g/mol. The number of benzene rings is 1. The van der Waals surface area contributed by atoms with Crippen LogP contribution in [0.5, 0.6) is 0 Å². The molecule has 1 saturated heterocycles. The van der Waals surface area contributed by atoms with Crippen molar-refractivity contribution in [3.05, 3.63) is 42.1 Å². The number of nitrogens with zero attached hydrogens (tertiary/aromatic N) is 4. The van der Waals surface area contributed by atoms with Crippen LogP contribution >= 0.6 is 11.8 Å². The molecule has 0 unspecified atom stereocenters. The lowest BCUT2D eigenvalue weighted by Gasteiger charge is -2.29. The van der Waals surface area contributed by atoms with E-state index in [0.717, 1.165) is 42.3 Å². The van der Waals surface area contributed by atoms with E-state index in [1.165, 1.54) is 0 Å². The van der Waals surface area contributed by atoms with Crippen molar-refractivity contribution < 1.29 is 9.53 Å². The van der Waals surface area contributed by atoms with E-state index in [0.29, 0.717) is 35.3 Å². The first kappa shape index (κ1) is 18.1. The minimum atomic E-state index is -0.193. The van der Waals surface area contributed by atoms with Gasteiger partial charge in [0, 0.05) is 25.0 Å². The minimum absolute atomic E-state index is 0.193. The number of para-hydroxylation sites is 1. The largest absolute Gasteiger partial charge is 0.378 e. The standard InChI is InChI=1S/C20H20N6O2S/c27-19(25-20-22-7-12-29-20)13-3-1-5-15-16(13)24-17(23-15)14-4-2-6-21-18(14)26-8-10-28-11-9-26/h1-6H,7-12H2,(H,23,24)(H,22,25,27). The Bertz CT molecular complexity index is 1090. The Balaban J connectivity index is 1.52. The Kier molecular flexibility index (Phi) is 4.91. The van der Waals surface area contributed by atoms with Gasteiger partial charge in [0.15, 0.2) is 5.17 Å². The molecule has 4 heterocycles. The number of imidazole rings is 1. The summed E-state index contributed by atoms with van der Waals surface area (Å²) in [4.78, 5) is 32.0. The van der Waals surface area contributed by atoms with Crippen molar-refractivity contribution in [3.8, 4) is 11.4 Å². The number of anilines is 1. The summed E-state index contributed by atoms with van der Waals surface area (Å²) in [6.45, 7) is 3.68. The van der Waals surface area contributed by atoms with Gasteiger partial charge in [-0.3, -0.25) is 9.79 Å². The molecule has 1 aromatic carbocycles. The normalized spacial score (nSPS) is 16.8. The number of amidine groups is 1. The Hall–Kier alpha value is -2.91. The highest BCUT2D eigenvalue weighted by molar-refractivity contribution is 8.14. The molecular formula is C20H20N6O2S. The molecule has 1 fully saturated rings. The van der Waals surface area contributed by atoms with Crippen molar-refractivity contribution in [1.82, 2.24) is 20.3 Å². The summed E-state index contributed by atoms with van der Waals surface area (Å²) in [6.07, 6.45) is 1.79. The van der Waals surface area contributed by atoms with Crippen LogP contribution in [0.25, 0.3) is 22.4 Å². The highest BCUT2D eigenvalue weighted by Crippen LogP contribution is 2.30. The van der Waals surface area contributed by atoms with Crippen LogP contribution < -0.4 is 10.2 Å². The number of carbonyl (C=O) groups is 1. The van der Waals surface area contributed by atoms with E-state index >= 15 is 0 Å². The number of thioether (sulfide) groups is 1. The van der Waals surface area contributed by atoms with Crippen molar-refractivity contribution in [1.29, 1.82) is 0 Å². The zero-order chi connectivity index (χ0) is 19.6. The Morgan fingerprint density at radius 3 is 2.93 bits per heavy atom. The summed E-state index contributed by atoms with van der Waals surface area (Å²) in [5.41, 5.74) is 2.88. The fourth-order valence-corrected chi connectivity index (χ4v) is 4.25. The molecule has 0 atom stereocenters. The molecule has 29 heavy (non-hydrogen) atoms. The van der Waals surface area contributed by atoms with Crippen molar-refractivity contribution in [2.75, 3.05) is 43.5 Å². The summed E-state index contributed by atoms with van der Waals surface area (Å²) < 4.78 is 5.46. The van der Waals surface area contributed by atoms with Crippen LogP contribution in [0.2, 0.25) is 0 Å². The third-order valence-electron chi connectivity index (χ3n) is 4.92. The number of amides is 1. The number of rotatable bonds is 3. The highest BCUT2D eigenvalue weighted by Gasteiger charge is 2.21. The van der Waals surface area contributed by atoms with Gasteiger partial charge in [0.2, 0.25) is 0 Å². The second-order valence-electron chi connectivity index (χ2n) is 6.75. The number of nitrogens with one attached hydrogen (secondary N) is 2. The van der Waals surface area contributed by atoms with E-state index in [1.807, 2.05) is 24.3 Å². The number of hydrogen-bond acceptors (Lipinski definition) is 7. The zero-order valence-corrected chi connectivity index (χ0v) is 16.5. The predicted octanol–water partition coefficient (Wildman–Crippen LogP) is 2.29. The summed E-state index contributed by atoms with van der Waals surface area (Å²) in [7, 11) is 0. The van der Waals surface area contributed by atoms with E-state index < -0.39 is 0 Å². The van der Waals surface area contributed by atoms with Gasteiger partial charge in [0.05, 0.1) is 36.4 Å². The van der Waals surface area contributed by atoms with Gasteiger partial charge in [-0.05, 0) is 24.3 Å². The molecule has 0 bridgehead atoms. The van der Waals surface area contributed by atoms with Gasteiger partial charge in [-0.15, -0.1) is 0 Å². The number of H-pyrrole nitrogens is 1. The second kappa shape index (κ2) is 7.84. The molecule has 8 nitrogen and oxygen atoms in total. The van der Waals surface area contributed by atoms with Crippen LogP contribution in [0.3, 0.4) is 0 Å². The number of ether oxygens (including phenoxy) is 1. The first-order valence-corrected chi connectivity index (χ1v) is 10.5. The maximum Gasteiger partial charge on any atom is 0.259 e. The Morgan fingerprint density at radius 1 is 1.21 bits per heavy atom.